The fourth-order valence-electron chi connectivity index (χ4n) is 4.00. The third-order valence-electron chi connectivity index (χ3n) is 5.09. The number of halogens is 1. The Balaban J connectivity index is 2.07. The fraction of sp³-hybridized carbons (Fsp3) is 0.286. The highest BCUT2D eigenvalue weighted by Gasteiger charge is 2.43. The number of ether oxygens (including phenoxy) is 2. The average molecular weight is 355 g/mol. The maximum Gasteiger partial charge on any atom is 0.338 e. The van der Waals surface area contributed by atoms with Gasteiger partial charge in [-0.3, -0.25) is 0 Å². The van der Waals surface area contributed by atoms with E-state index in [1.54, 1.807) is 14.0 Å². The van der Waals surface area contributed by atoms with Gasteiger partial charge in [0.2, 0.25) is 0 Å². The van der Waals surface area contributed by atoms with Gasteiger partial charge in [-0.1, -0.05) is 42.0 Å². The molecule has 2 unspecified atom stereocenters. The van der Waals surface area contributed by atoms with Crippen molar-refractivity contribution in [2.45, 2.75) is 32.1 Å². The van der Waals surface area contributed by atoms with Crippen LogP contribution >= 0.6 is 11.6 Å². The minimum Gasteiger partial charge on any atom is -0.496 e. The molecule has 0 aromatic heterocycles. The van der Waals surface area contributed by atoms with Crippen molar-refractivity contribution in [1.82, 2.24) is 0 Å². The summed E-state index contributed by atoms with van der Waals surface area (Å²) in [5.41, 5.74) is 3.58. The molecule has 0 aliphatic heterocycles. The summed E-state index contributed by atoms with van der Waals surface area (Å²) in [6.07, 6.45) is 2.99. The predicted octanol–water partition coefficient (Wildman–Crippen LogP) is 5.35. The zero-order valence-corrected chi connectivity index (χ0v) is 15.2. The summed E-state index contributed by atoms with van der Waals surface area (Å²) in [5.74, 6) is 1.30. The van der Waals surface area contributed by atoms with Crippen LogP contribution in [-0.4, -0.2) is 13.1 Å². The summed E-state index contributed by atoms with van der Waals surface area (Å²) in [6, 6.07) is 6.07. The van der Waals surface area contributed by atoms with Crippen LogP contribution in [0.3, 0.4) is 0 Å². The van der Waals surface area contributed by atoms with E-state index in [-0.39, 0.29) is 11.8 Å². The number of carbonyl (C=O) groups excluding carboxylic acids is 1. The molecule has 2 aliphatic rings. The van der Waals surface area contributed by atoms with Crippen molar-refractivity contribution in [3.8, 4) is 11.5 Å². The van der Waals surface area contributed by atoms with Crippen LogP contribution in [0.1, 0.15) is 41.9 Å². The Morgan fingerprint density at radius 1 is 1.24 bits per heavy atom. The SMILES string of the molecule is C=C(C)C(=O)Oc1c2c(c(OC)c3cc(C)ccc13)C1C=C(Cl)C2C1. The van der Waals surface area contributed by atoms with Crippen molar-refractivity contribution >= 4 is 28.3 Å². The zero-order chi connectivity index (χ0) is 17.9. The molecule has 25 heavy (non-hydrogen) atoms. The lowest BCUT2D eigenvalue weighted by atomic mass is 9.90. The highest BCUT2D eigenvalue weighted by molar-refractivity contribution is 6.31. The Morgan fingerprint density at radius 2 is 2.00 bits per heavy atom. The van der Waals surface area contributed by atoms with Gasteiger partial charge in [-0.2, -0.15) is 0 Å². The molecule has 0 saturated heterocycles. The van der Waals surface area contributed by atoms with E-state index in [4.69, 9.17) is 21.1 Å². The van der Waals surface area contributed by atoms with Gasteiger partial charge in [0, 0.05) is 44.3 Å². The Bertz CT molecular complexity index is 971. The van der Waals surface area contributed by atoms with Crippen LogP contribution in [0.2, 0.25) is 0 Å². The number of hydrogen-bond donors (Lipinski definition) is 0. The minimum absolute atomic E-state index is 0.0641. The summed E-state index contributed by atoms with van der Waals surface area (Å²) in [6.45, 7) is 7.39. The summed E-state index contributed by atoms with van der Waals surface area (Å²) >= 11 is 6.44. The first-order valence-corrected chi connectivity index (χ1v) is 8.69. The molecule has 2 aromatic carbocycles. The van der Waals surface area contributed by atoms with Crippen molar-refractivity contribution in [1.29, 1.82) is 0 Å². The van der Waals surface area contributed by atoms with E-state index in [1.165, 1.54) is 0 Å². The topological polar surface area (TPSA) is 35.5 Å². The zero-order valence-electron chi connectivity index (χ0n) is 14.5. The molecule has 0 N–H and O–H groups in total. The molecule has 4 heteroatoms. The molecule has 0 fully saturated rings. The average Bonchev–Trinajstić information content (AvgIpc) is 3.11. The standard InChI is InChI=1S/C21H19ClO3/c1-10(2)21(23)25-20-13-6-5-11(3)7-14(13)19(24-4)17-12-8-15(18(17)20)16(22)9-12/h5-7,9,12,15H,1,8H2,2-4H3. The third kappa shape index (κ3) is 2.30. The quantitative estimate of drug-likeness (QED) is 0.423. The number of benzene rings is 2. The number of allylic oxidation sites excluding steroid dienone is 2. The van der Waals surface area contributed by atoms with Gasteiger partial charge >= 0.3 is 5.97 Å². The summed E-state index contributed by atoms with van der Waals surface area (Å²) in [4.78, 5) is 12.3. The van der Waals surface area contributed by atoms with Gasteiger partial charge in [0.15, 0.2) is 0 Å². The van der Waals surface area contributed by atoms with Gasteiger partial charge in [-0.05, 0) is 26.3 Å². The van der Waals surface area contributed by atoms with Crippen molar-refractivity contribution < 1.29 is 14.3 Å². The smallest absolute Gasteiger partial charge is 0.338 e. The largest absolute Gasteiger partial charge is 0.496 e. The number of aryl methyl sites for hydroxylation is 1. The van der Waals surface area contributed by atoms with Crippen LogP contribution in [-0.2, 0) is 4.79 Å². The predicted molar refractivity (Wildman–Crippen MR) is 99.7 cm³/mol. The minimum atomic E-state index is -0.419. The molecule has 0 saturated carbocycles. The number of hydrogen-bond acceptors (Lipinski definition) is 3. The van der Waals surface area contributed by atoms with Crippen molar-refractivity contribution in [3.05, 3.63) is 58.1 Å². The Labute approximate surface area is 151 Å². The molecule has 128 valence electrons. The molecule has 2 bridgehead atoms. The van der Waals surface area contributed by atoms with Gasteiger partial charge in [-0.25, -0.2) is 4.79 Å². The highest BCUT2D eigenvalue weighted by Crippen LogP contribution is 2.61. The first-order valence-electron chi connectivity index (χ1n) is 8.31. The maximum atomic E-state index is 12.3. The van der Waals surface area contributed by atoms with Crippen LogP contribution in [0.15, 0.2) is 41.5 Å². The van der Waals surface area contributed by atoms with Crippen molar-refractivity contribution in [2.24, 2.45) is 0 Å². The molecule has 4 rings (SSSR count). The first kappa shape index (κ1) is 16.2. The molecule has 0 amide bonds. The van der Waals surface area contributed by atoms with Crippen molar-refractivity contribution in [2.75, 3.05) is 7.11 Å². The lowest BCUT2D eigenvalue weighted by molar-refractivity contribution is -0.130. The van der Waals surface area contributed by atoms with Gasteiger partial charge in [0.1, 0.15) is 11.5 Å². The lowest BCUT2D eigenvalue weighted by Crippen LogP contribution is -2.12. The number of esters is 1. The van der Waals surface area contributed by atoms with Crippen molar-refractivity contribution in [3.63, 3.8) is 0 Å². The van der Waals surface area contributed by atoms with Gasteiger partial charge in [0.25, 0.3) is 0 Å². The van der Waals surface area contributed by atoms with E-state index in [2.05, 4.69) is 18.7 Å². The Morgan fingerprint density at radius 3 is 2.68 bits per heavy atom. The molecule has 2 aliphatic carbocycles. The van der Waals surface area contributed by atoms with Crippen LogP contribution < -0.4 is 9.47 Å². The van der Waals surface area contributed by atoms with E-state index >= 15 is 0 Å². The molecule has 2 aromatic rings. The number of carbonyl (C=O) groups is 1. The molecular weight excluding hydrogens is 336 g/mol. The highest BCUT2D eigenvalue weighted by atomic mass is 35.5. The lowest BCUT2D eigenvalue weighted by Gasteiger charge is -2.23. The number of methoxy groups -OCH3 is 1. The van der Waals surface area contributed by atoms with Crippen LogP contribution in [0.5, 0.6) is 11.5 Å². The normalized spacial score (nSPS) is 20.4. The van der Waals surface area contributed by atoms with E-state index in [1.807, 2.05) is 19.1 Å². The molecule has 0 radical (unpaired) electrons. The Kier molecular flexibility index (Phi) is 3.66. The third-order valence-corrected chi connectivity index (χ3v) is 5.48. The number of fused-ring (bicyclic) bond motifs is 6. The summed E-state index contributed by atoms with van der Waals surface area (Å²) in [5, 5.41) is 2.65. The van der Waals surface area contributed by atoms with E-state index < -0.39 is 5.97 Å². The molecule has 3 nitrogen and oxygen atoms in total. The summed E-state index contributed by atoms with van der Waals surface area (Å²) in [7, 11) is 1.69. The molecule has 2 atom stereocenters. The first-order chi connectivity index (χ1) is 11.9. The second kappa shape index (κ2) is 5.63. The maximum absolute atomic E-state index is 12.3. The second-order valence-corrected chi connectivity index (χ2v) is 7.29. The van der Waals surface area contributed by atoms with E-state index in [9.17, 15) is 4.79 Å². The fourth-order valence-corrected chi connectivity index (χ4v) is 4.35. The second-order valence-electron chi connectivity index (χ2n) is 6.85. The monoisotopic (exact) mass is 354 g/mol. The van der Waals surface area contributed by atoms with Gasteiger partial charge < -0.3 is 9.47 Å². The van der Waals surface area contributed by atoms with Crippen LogP contribution in [0, 0.1) is 6.92 Å². The Hall–Kier alpha value is -2.26. The van der Waals surface area contributed by atoms with Crippen LogP contribution in [0.25, 0.3) is 10.8 Å². The molecule has 0 heterocycles. The van der Waals surface area contributed by atoms with E-state index in [0.717, 1.165) is 44.7 Å². The molecule has 0 spiro atoms. The summed E-state index contributed by atoms with van der Waals surface area (Å²) < 4.78 is 11.6. The van der Waals surface area contributed by atoms with E-state index in [0.29, 0.717) is 11.3 Å². The van der Waals surface area contributed by atoms with Gasteiger partial charge in [-0.15, -0.1) is 0 Å². The molecular formula is C21H19ClO3. The van der Waals surface area contributed by atoms with Gasteiger partial charge in [0.05, 0.1) is 7.11 Å². The number of rotatable bonds is 3. The van der Waals surface area contributed by atoms with Crippen LogP contribution in [0.4, 0.5) is 0 Å².